The van der Waals surface area contributed by atoms with E-state index in [1.54, 1.807) is 0 Å². The number of hydrogen-bond acceptors (Lipinski definition) is 10. The molecule has 270 valence electrons. The van der Waals surface area contributed by atoms with E-state index in [0.29, 0.717) is 25.9 Å². The minimum atomic E-state index is -3.74. The van der Waals surface area contributed by atoms with Crippen LogP contribution in [0.5, 0.6) is 0 Å². The molecular weight excluding hydrogens is 746 g/mol. The number of carbonyl (C=O) groups is 1. The highest BCUT2D eigenvalue weighted by Crippen LogP contribution is 2.51. The van der Waals surface area contributed by atoms with Crippen LogP contribution in [0.3, 0.4) is 0 Å². The van der Waals surface area contributed by atoms with Crippen molar-refractivity contribution in [1.29, 1.82) is 0 Å². The van der Waals surface area contributed by atoms with E-state index in [1.807, 2.05) is 121 Å². The van der Waals surface area contributed by atoms with E-state index < -0.39 is 15.6 Å². The number of nitrogens with two attached hydrogens (primary N) is 1. The molecule has 0 aliphatic heterocycles. The highest BCUT2D eigenvalue weighted by Gasteiger charge is 2.28. The molecular formula is C36H45BrN2O9P2. The Bertz CT molecular complexity index is 1480. The lowest BCUT2D eigenvalue weighted by atomic mass is 10.2. The summed E-state index contributed by atoms with van der Waals surface area (Å²) in [5, 5.41) is 2.94. The van der Waals surface area contributed by atoms with Crippen molar-refractivity contribution in [2.24, 2.45) is 5.73 Å². The fraction of sp³-hybridized carbons (Fsp3) is 0.306. The number of nitrogens with one attached hydrogen (secondary N) is 1. The van der Waals surface area contributed by atoms with Crippen molar-refractivity contribution < 1.29 is 41.1 Å². The van der Waals surface area contributed by atoms with Crippen molar-refractivity contribution in [3.05, 3.63) is 144 Å². The van der Waals surface area contributed by atoms with E-state index in [0.717, 1.165) is 22.3 Å². The monoisotopic (exact) mass is 790 g/mol. The first-order chi connectivity index (χ1) is 24.3. The van der Waals surface area contributed by atoms with Gasteiger partial charge in [-0.05, 0) is 41.6 Å². The van der Waals surface area contributed by atoms with E-state index in [4.69, 9.17) is 32.9 Å². The van der Waals surface area contributed by atoms with E-state index in [-0.39, 0.29) is 50.9 Å². The molecule has 50 heavy (non-hydrogen) atoms. The SMILES string of the molecule is NCCCOP(=O)(OCc1ccccc1)OCc1ccccc1.O=C(CBr)NCCCOP(=O)(OCc1ccccc1)OCc1ccccc1. The molecule has 0 saturated heterocycles. The molecule has 0 bridgehead atoms. The Kier molecular flexibility index (Phi) is 20.1. The molecule has 0 unspecified atom stereocenters. The molecule has 0 heterocycles. The van der Waals surface area contributed by atoms with Crippen LogP contribution in [0.25, 0.3) is 0 Å². The second-order valence-corrected chi connectivity index (χ2v) is 14.5. The van der Waals surface area contributed by atoms with Crippen LogP contribution in [0.15, 0.2) is 121 Å². The van der Waals surface area contributed by atoms with Gasteiger partial charge in [0.2, 0.25) is 5.91 Å². The lowest BCUT2D eigenvalue weighted by molar-refractivity contribution is -0.118. The number of amides is 1. The Morgan fingerprint density at radius 3 is 1.16 bits per heavy atom. The van der Waals surface area contributed by atoms with Gasteiger partial charge >= 0.3 is 15.6 Å². The van der Waals surface area contributed by atoms with Crippen molar-refractivity contribution in [2.45, 2.75) is 39.3 Å². The third-order valence-electron chi connectivity index (χ3n) is 6.54. The Balaban J connectivity index is 0.000000274. The number of carbonyl (C=O) groups excluding carboxylic acids is 1. The Labute approximate surface area is 303 Å². The molecule has 0 aromatic heterocycles. The molecule has 4 aromatic rings. The Hall–Kier alpha value is -2.99. The van der Waals surface area contributed by atoms with Gasteiger partial charge < -0.3 is 11.1 Å². The smallest absolute Gasteiger partial charge is 0.355 e. The molecule has 14 heteroatoms. The zero-order chi connectivity index (χ0) is 35.8. The van der Waals surface area contributed by atoms with Gasteiger partial charge in [-0.25, -0.2) is 9.13 Å². The first-order valence-corrected chi connectivity index (χ1v) is 20.1. The molecule has 0 fully saturated rings. The Morgan fingerprint density at radius 2 is 0.860 bits per heavy atom. The first-order valence-electron chi connectivity index (χ1n) is 16.1. The second-order valence-electron chi connectivity index (χ2n) is 10.6. The van der Waals surface area contributed by atoms with Crippen LogP contribution in [0, 0.1) is 0 Å². The largest absolute Gasteiger partial charge is 0.475 e. The van der Waals surface area contributed by atoms with Gasteiger partial charge in [0.25, 0.3) is 0 Å². The predicted molar refractivity (Wildman–Crippen MR) is 197 cm³/mol. The number of phosphoric acid groups is 2. The number of alkyl halides is 1. The summed E-state index contributed by atoms with van der Waals surface area (Å²) in [6.07, 6.45) is 1.08. The molecule has 4 rings (SSSR count). The zero-order valence-corrected chi connectivity index (χ0v) is 31.2. The maximum atomic E-state index is 13.0. The topological polar surface area (TPSA) is 145 Å². The average Bonchev–Trinajstić information content (AvgIpc) is 3.17. The van der Waals surface area contributed by atoms with Crippen LogP contribution >= 0.6 is 31.6 Å². The van der Waals surface area contributed by atoms with Gasteiger partial charge in [0.15, 0.2) is 0 Å². The summed E-state index contributed by atoms with van der Waals surface area (Å²) in [6.45, 7) is 1.81. The van der Waals surface area contributed by atoms with Crippen LogP contribution in [0.4, 0.5) is 0 Å². The standard InChI is InChI=1S/C19H23BrNO5P.C17H22NO4P/c20-14-19(22)21-12-7-13-24-27(23,25-15-17-8-3-1-4-9-17)26-16-18-10-5-2-6-11-18;18-12-7-13-20-23(19,21-14-16-8-3-1-4-9-16)22-15-17-10-5-2-6-11-17/h1-6,8-11H,7,12-16H2,(H,21,22);1-6,8-11H,7,12-15,18H2. The van der Waals surface area contributed by atoms with Crippen molar-refractivity contribution >= 4 is 37.5 Å². The minimum absolute atomic E-state index is 0.112. The number of hydrogen-bond donors (Lipinski definition) is 2. The van der Waals surface area contributed by atoms with Gasteiger partial charge in [-0.2, -0.15) is 0 Å². The fourth-order valence-electron chi connectivity index (χ4n) is 3.92. The summed E-state index contributed by atoms with van der Waals surface area (Å²) in [5.74, 6) is -0.112. The lowest BCUT2D eigenvalue weighted by Crippen LogP contribution is -2.25. The van der Waals surface area contributed by atoms with Gasteiger partial charge in [-0.15, -0.1) is 0 Å². The van der Waals surface area contributed by atoms with Gasteiger partial charge in [0.05, 0.1) is 45.0 Å². The summed E-state index contributed by atoms with van der Waals surface area (Å²) in [4.78, 5) is 11.2. The molecule has 0 saturated carbocycles. The van der Waals surface area contributed by atoms with Crippen LogP contribution < -0.4 is 11.1 Å². The molecule has 0 atom stereocenters. The Morgan fingerprint density at radius 1 is 0.540 bits per heavy atom. The van der Waals surface area contributed by atoms with Gasteiger partial charge in [0, 0.05) is 6.54 Å². The molecule has 0 spiro atoms. The van der Waals surface area contributed by atoms with E-state index >= 15 is 0 Å². The predicted octanol–water partition coefficient (Wildman–Crippen LogP) is 8.34. The molecule has 0 radical (unpaired) electrons. The number of halogens is 1. The van der Waals surface area contributed by atoms with Crippen molar-refractivity contribution in [1.82, 2.24) is 5.32 Å². The van der Waals surface area contributed by atoms with Crippen molar-refractivity contribution in [2.75, 3.05) is 31.6 Å². The molecule has 0 aliphatic rings. The fourth-order valence-corrected chi connectivity index (χ4v) is 6.50. The first kappa shape index (κ1) is 41.4. The van der Waals surface area contributed by atoms with Crippen molar-refractivity contribution in [3.8, 4) is 0 Å². The van der Waals surface area contributed by atoms with E-state index in [9.17, 15) is 13.9 Å². The maximum Gasteiger partial charge on any atom is 0.475 e. The highest BCUT2D eigenvalue weighted by atomic mass is 79.9. The molecule has 11 nitrogen and oxygen atoms in total. The minimum Gasteiger partial charge on any atom is -0.355 e. The van der Waals surface area contributed by atoms with Crippen molar-refractivity contribution in [3.63, 3.8) is 0 Å². The molecule has 1 amide bonds. The second kappa shape index (κ2) is 24.2. The molecule has 4 aromatic carbocycles. The summed E-state index contributed by atoms with van der Waals surface area (Å²) in [5.41, 5.74) is 8.98. The van der Waals surface area contributed by atoms with Crippen LogP contribution in [0.2, 0.25) is 0 Å². The highest BCUT2D eigenvalue weighted by molar-refractivity contribution is 9.09. The third kappa shape index (κ3) is 17.8. The van der Waals surface area contributed by atoms with E-state index in [1.165, 1.54) is 0 Å². The third-order valence-corrected chi connectivity index (χ3v) is 9.83. The van der Waals surface area contributed by atoms with Gasteiger partial charge in [-0.3, -0.25) is 31.9 Å². The molecule has 3 N–H and O–H groups in total. The lowest BCUT2D eigenvalue weighted by Gasteiger charge is -2.18. The number of benzene rings is 4. The van der Waals surface area contributed by atoms with Crippen LogP contribution in [-0.2, 0) is 67.5 Å². The summed E-state index contributed by atoms with van der Waals surface area (Å²) >= 11 is 3.07. The summed E-state index contributed by atoms with van der Waals surface area (Å²) < 4.78 is 58.4. The maximum absolute atomic E-state index is 13.0. The van der Waals surface area contributed by atoms with E-state index in [2.05, 4.69) is 21.2 Å². The number of phosphoric ester groups is 2. The van der Waals surface area contributed by atoms with Gasteiger partial charge in [-0.1, -0.05) is 137 Å². The normalized spacial score (nSPS) is 11.4. The average molecular weight is 792 g/mol. The zero-order valence-electron chi connectivity index (χ0n) is 27.8. The summed E-state index contributed by atoms with van der Waals surface area (Å²) in [7, 11) is -7.38. The van der Waals surface area contributed by atoms with Crippen LogP contribution in [-0.4, -0.2) is 37.5 Å². The quantitative estimate of drug-likeness (QED) is 0.0453. The van der Waals surface area contributed by atoms with Crippen LogP contribution in [0.1, 0.15) is 35.1 Å². The number of rotatable bonds is 22. The molecule has 0 aliphatic carbocycles. The summed E-state index contributed by atoms with van der Waals surface area (Å²) in [6, 6.07) is 37.7. The van der Waals surface area contributed by atoms with Gasteiger partial charge in [0.1, 0.15) is 0 Å².